The highest BCUT2D eigenvalue weighted by molar-refractivity contribution is 7.89. The summed E-state index contributed by atoms with van der Waals surface area (Å²) in [6, 6.07) is 4.52. The molecule has 1 fully saturated rings. The largest absolute Gasteiger partial charge is 0.377 e. The summed E-state index contributed by atoms with van der Waals surface area (Å²) < 4.78 is 32.5. The van der Waals surface area contributed by atoms with E-state index in [1.165, 1.54) is 19.2 Å². The number of carbonyl (C=O) groups is 1. The molecule has 21 heavy (non-hydrogen) atoms. The fourth-order valence-electron chi connectivity index (χ4n) is 2.24. The normalized spacial score (nSPS) is 18.7. The second kappa shape index (κ2) is 6.55. The fourth-order valence-corrected chi connectivity index (χ4v) is 3.33. The Kier molecular flexibility index (Phi) is 4.97. The van der Waals surface area contributed by atoms with Crippen LogP contribution in [0.2, 0.25) is 0 Å². The molecule has 0 radical (unpaired) electrons. The highest BCUT2D eigenvalue weighted by atomic mass is 32.2. The minimum absolute atomic E-state index is 0.0661. The molecule has 116 valence electrons. The van der Waals surface area contributed by atoms with Crippen molar-refractivity contribution in [3.05, 3.63) is 29.3 Å². The number of amides is 1. The third kappa shape index (κ3) is 3.81. The van der Waals surface area contributed by atoms with E-state index in [2.05, 4.69) is 10.0 Å². The van der Waals surface area contributed by atoms with Crippen molar-refractivity contribution in [1.82, 2.24) is 10.0 Å². The van der Waals surface area contributed by atoms with Crippen molar-refractivity contribution in [2.24, 2.45) is 0 Å². The first kappa shape index (κ1) is 15.9. The van der Waals surface area contributed by atoms with Crippen molar-refractivity contribution < 1.29 is 17.9 Å². The van der Waals surface area contributed by atoms with Crippen LogP contribution in [0.15, 0.2) is 23.1 Å². The number of benzene rings is 1. The molecule has 1 aromatic rings. The zero-order chi connectivity index (χ0) is 15.5. The summed E-state index contributed by atoms with van der Waals surface area (Å²) in [7, 11) is -2.13. The lowest BCUT2D eigenvalue weighted by atomic mass is 10.1. The van der Waals surface area contributed by atoms with Crippen LogP contribution in [0.1, 0.15) is 28.8 Å². The van der Waals surface area contributed by atoms with Crippen molar-refractivity contribution in [1.29, 1.82) is 0 Å². The number of hydrogen-bond donors (Lipinski definition) is 2. The lowest BCUT2D eigenvalue weighted by Crippen LogP contribution is -2.32. The molecule has 0 saturated carbocycles. The third-order valence-electron chi connectivity index (χ3n) is 3.52. The Bertz CT molecular complexity index is 622. The van der Waals surface area contributed by atoms with E-state index in [1.54, 1.807) is 13.0 Å². The molecular weight excluding hydrogens is 292 g/mol. The molecule has 2 N–H and O–H groups in total. The number of hydrogen-bond acceptors (Lipinski definition) is 4. The fraction of sp³-hybridized carbons (Fsp3) is 0.500. The Morgan fingerprint density at radius 1 is 1.43 bits per heavy atom. The van der Waals surface area contributed by atoms with Crippen LogP contribution in [-0.2, 0) is 14.8 Å². The molecule has 0 unspecified atom stereocenters. The van der Waals surface area contributed by atoms with E-state index in [0.29, 0.717) is 12.2 Å². The predicted octanol–water partition coefficient (Wildman–Crippen LogP) is 0.812. The van der Waals surface area contributed by atoms with Crippen LogP contribution in [0.4, 0.5) is 0 Å². The minimum Gasteiger partial charge on any atom is -0.377 e. The average molecular weight is 312 g/mol. The maximum atomic E-state index is 12.3. The van der Waals surface area contributed by atoms with Crippen LogP contribution in [-0.4, -0.2) is 40.6 Å². The van der Waals surface area contributed by atoms with Crippen LogP contribution in [0, 0.1) is 6.92 Å². The number of sulfonamides is 1. The molecule has 1 atom stereocenters. The van der Waals surface area contributed by atoms with E-state index >= 15 is 0 Å². The van der Waals surface area contributed by atoms with Crippen molar-refractivity contribution in [3.8, 4) is 0 Å². The van der Waals surface area contributed by atoms with Gasteiger partial charge in [0.15, 0.2) is 0 Å². The van der Waals surface area contributed by atoms with Gasteiger partial charge < -0.3 is 10.1 Å². The second-order valence-electron chi connectivity index (χ2n) is 5.04. The Labute approximate surface area is 124 Å². The molecule has 1 aliphatic heterocycles. The molecule has 1 aromatic carbocycles. The lowest BCUT2D eigenvalue weighted by Gasteiger charge is -2.12. The van der Waals surface area contributed by atoms with Gasteiger partial charge in [-0.15, -0.1) is 0 Å². The van der Waals surface area contributed by atoms with Crippen molar-refractivity contribution in [2.45, 2.75) is 30.8 Å². The van der Waals surface area contributed by atoms with E-state index in [1.807, 2.05) is 0 Å². The highest BCUT2D eigenvalue weighted by Crippen LogP contribution is 2.17. The first-order chi connectivity index (χ1) is 9.94. The van der Waals surface area contributed by atoms with Crippen molar-refractivity contribution in [2.75, 3.05) is 20.2 Å². The van der Waals surface area contributed by atoms with E-state index < -0.39 is 10.0 Å². The Balaban J connectivity index is 2.17. The summed E-state index contributed by atoms with van der Waals surface area (Å²) in [6.45, 7) is 2.70. The zero-order valence-corrected chi connectivity index (χ0v) is 13.0. The van der Waals surface area contributed by atoms with Crippen LogP contribution >= 0.6 is 0 Å². The van der Waals surface area contributed by atoms with Gasteiger partial charge in [0, 0.05) is 25.8 Å². The zero-order valence-electron chi connectivity index (χ0n) is 12.2. The molecule has 1 amide bonds. The van der Waals surface area contributed by atoms with Crippen molar-refractivity contribution in [3.63, 3.8) is 0 Å². The minimum atomic E-state index is -3.64. The van der Waals surface area contributed by atoms with Crippen LogP contribution in [0.25, 0.3) is 0 Å². The molecule has 2 rings (SSSR count). The van der Waals surface area contributed by atoms with Crippen LogP contribution < -0.4 is 10.0 Å². The molecule has 1 saturated heterocycles. The Hall–Kier alpha value is -1.44. The maximum Gasteiger partial charge on any atom is 0.251 e. The summed E-state index contributed by atoms with van der Waals surface area (Å²) in [5, 5.41) is 2.50. The van der Waals surface area contributed by atoms with Gasteiger partial charge in [-0.05, 0) is 37.5 Å². The first-order valence-electron chi connectivity index (χ1n) is 6.88. The van der Waals surface area contributed by atoms with Gasteiger partial charge in [-0.1, -0.05) is 6.07 Å². The highest BCUT2D eigenvalue weighted by Gasteiger charge is 2.21. The lowest BCUT2D eigenvalue weighted by molar-refractivity contribution is 0.0962. The molecule has 1 heterocycles. The van der Waals surface area contributed by atoms with E-state index in [0.717, 1.165) is 18.4 Å². The molecule has 1 aliphatic rings. The molecular formula is C14H20N2O4S. The smallest absolute Gasteiger partial charge is 0.251 e. The quantitative estimate of drug-likeness (QED) is 0.843. The maximum absolute atomic E-state index is 12.3. The summed E-state index contributed by atoms with van der Waals surface area (Å²) in [5.41, 5.74) is 1.09. The van der Waals surface area contributed by atoms with E-state index in [-0.39, 0.29) is 23.5 Å². The molecule has 0 spiro atoms. The molecule has 0 aliphatic carbocycles. The average Bonchev–Trinajstić information content (AvgIpc) is 2.98. The van der Waals surface area contributed by atoms with E-state index in [9.17, 15) is 13.2 Å². The van der Waals surface area contributed by atoms with Crippen molar-refractivity contribution >= 4 is 15.9 Å². The number of carbonyl (C=O) groups excluding carboxylic acids is 1. The Morgan fingerprint density at radius 2 is 2.19 bits per heavy atom. The van der Waals surface area contributed by atoms with Gasteiger partial charge in [-0.3, -0.25) is 4.79 Å². The molecule has 6 nitrogen and oxygen atoms in total. The topological polar surface area (TPSA) is 84.5 Å². The summed E-state index contributed by atoms with van der Waals surface area (Å²) >= 11 is 0. The molecule has 0 bridgehead atoms. The monoisotopic (exact) mass is 312 g/mol. The van der Waals surface area contributed by atoms with Gasteiger partial charge >= 0.3 is 0 Å². The van der Waals surface area contributed by atoms with Gasteiger partial charge in [0.25, 0.3) is 5.91 Å². The summed E-state index contributed by atoms with van der Waals surface area (Å²) in [6.07, 6.45) is 1.75. The third-order valence-corrected chi connectivity index (χ3v) is 4.94. The van der Waals surface area contributed by atoms with Gasteiger partial charge in [0.2, 0.25) is 10.0 Å². The first-order valence-corrected chi connectivity index (χ1v) is 8.36. The van der Waals surface area contributed by atoms with Gasteiger partial charge in [-0.2, -0.15) is 0 Å². The van der Waals surface area contributed by atoms with Gasteiger partial charge in [0.05, 0.1) is 11.0 Å². The van der Waals surface area contributed by atoms with Crippen LogP contribution in [0.3, 0.4) is 0 Å². The SMILES string of the molecule is CNC(=O)c1cc(S(=O)(=O)NC[C@H]2CCCO2)ccc1C. The standard InChI is InChI=1S/C14H20N2O4S/c1-10-5-6-12(8-13(10)14(17)15-2)21(18,19)16-9-11-4-3-7-20-11/h5-6,8,11,16H,3-4,7,9H2,1-2H3,(H,15,17)/t11-/m1/s1. The second-order valence-corrected chi connectivity index (χ2v) is 6.81. The predicted molar refractivity (Wildman–Crippen MR) is 78.7 cm³/mol. The number of nitrogens with one attached hydrogen (secondary N) is 2. The summed E-state index contributed by atoms with van der Waals surface area (Å²) in [4.78, 5) is 11.8. The van der Waals surface area contributed by atoms with Gasteiger partial charge in [-0.25, -0.2) is 13.1 Å². The van der Waals surface area contributed by atoms with E-state index in [4.69, 9.17) is 4.74 Å². The number of ether oxygens (including phenoxy) is 1. The number of aryl methyl sites for hydroxylation is 1. The molecule has 0 aromatic heterocycles. The summed E-state index contributed by atoms with van der Waals surface area (Å²) in [5.74, 6) is -0.302. The molecule has 7 heteroatoms. The van der Waals surface area contributed by atoms with Crippen LogP contribution in [0.5, 0.6) is 0 Å². The van der Waals surface area contributed by atoms with Gasteiger partial charge in [0.1, 0.15) is 0 Å². The number of rotatable bonds is 5. The Morgan fingerprint density at radius 3 is 2.81 bits per heavy atom.